The minimum atomic E-state index is -0.143. The van der Waals surface area contributed by atoms with Gasteiger partial charge in [0.05, 0.1) is 0 Å². The average molecular weight is 409 g/mol. The lowest BCUT2D eigenvalue weighted by atomic mass is 9.76. The quantitative estimate of drug-likeness (QED) is 0.356. The largest absolute Gasteiger partial charge is 0.206 e. The van der Waals surface area contributed by atoms with Crippen LogP contribution in [0.4, 0.5) is 4.39 Å². The molecule has 0 radical (unpaired) electrons. The summed E-state index contributed by atoms with van der Waals surface area (Å²) in [5.74, 6) is 1.40. The number of fused-ring (bicyclic) bond motifs is 1. The van der Waals surface area contributed by atoms with Crippen LogP contribution < -0.4 is 0 Å². The van der Waals surface area contributed by atoms with Crippen molar-refractivity contribution >= 4 is 22.4 Å². The zero-order valence-corrected chi connectivity index (χ0v) is 18.0. The monoisotopic (exact) mass is 408 g/mol. The number of halogens is 2. The van der Waals surface area contributed by atoms with E-state index in [2.05, 4.69) is 25.1 Å². The predicted molar refractivity (Wildman–Crippen MR) is 123 cm³/mol. The van der Waals surface area contributed by atoms with Gasteiger partial charge in [0, 0.05) is 16.0 Å². The van der Waals surface area contributed by atoms with E-state index in [0.717, 1.165) is 16.9 Å². The standard InChI is InChI=1S/C27H30ClF/c1-2-3-4-5-19-6-8-20(9-7-19)22-12-16-26-23(18-22)13-17-25(27(26)29)21-10-14-24(28)15-11-21/h10-20H,2-9H2,1H3. The van der Waals surface area contributed by atoms with Crippen molar-refractivity contribution in [3.05, 3.63) is 71.0 Å². The molecule has 1 aliphatic carbocycles. The van der Waals surface area contributed by atoms with E-state index >= 15 is 4.39 Å². The number of hydrogen-bond acceptors (Lipinski definition) is 0. The van der Waals surface area contributed by atoms with Crippen LogP contribution >= 0.6 is 11.6 Å². The average Bonchev–Trinajstić information content (AvgIpc) is 2.75. The van der Waals surface area contributed by atoms with Crippen molar-refractivity contribution in [3.8, 4) is 11.1 Å². The molecule has 0 N–H and O–H groups in total. The lowest BCUT2D eigenvalue weighted by Crippen LogP contribution is -2.13. The Labute approximate surface area is 179 Å². The first kappa shape index (κ1) is 20.4. The van der Waals surface area contributed by atoms with Gasteiger partial charge < -0.3 is 0 Å². The first-order chi connectivity index (χ1) is 14.2. The van der Waals surface area contributed by atoms with E-state index in [1.54, 1.807) is 0 Å². The SMILES string of the molecule is CCCCCC1CCC(c2ccc3c(F)c(-c4ccc(Cl)cc4)ccc3c2)CC1. The third kappa shape index (κ3) is 4.67. The molecule has 2 heteroatoms. The Kier molecular flexibility index (Phi) is 6.55. The van der Waals surface area contributed by atoms with Gasteiger partial charge in [-0.3, -0.25) is 0 Å². The van der Waals surface area contributed by atoms with Crippen molar-refractivity contribution < 1.29 is 4.39 Å². The van der Waals surface area contributed by atoms with E-state index in [1.807, 2.05) is 36.4 Å². The molecule has 1 aliphatic rings. The van der Waals surface area contributed by atoms with E-state index < -0.39 is 0 Å². The van der Waals surface area contributed by atoms with Gasteiger partial charge in [-0.2, -0.15) is 0 Å². The van der Waals surface area contributed by atoms with Crippen molar-refractivity contribution in [1.29, 1.82) is 0 Å². The molecule has 0 bridgehead atoms. The van der Waals surface area contributed by atoms with Crippen LogP contribution in [0, 0.1) is 11.7 Å². The molecule has 0 heterocycles. The summed E-state index contributed by atoms with van der Waals surface area (Å²) in [5, 5.41) is 2.37. The Hall–Kier alpha value is -1.86. The highest BCUT2D eigenvalue weighted by atomic mass is 35.5. The highest BCUT2D eigenvalue weighted by Gasteiger charge is 2.22. The smallest absolute Gasteiger partial charge is 0.138 e. The van der Waals surface area contributed by atoms with Crippen molar-refractivity contribution in [2.24, 2.45) is 5.92 Å². The molecule has 1 fully saturated rings. The van der Waals surface area contributed by atoms with Crippen molar-refractivity contribution in [1.82, 2.24) is 0 Å². The number of rotatable bonds is 6. The third-order valence-corrected chi connectivity index (χ3v) is 6.92. The molecular formula is C27H30ClF. The van der Waals surface area contributed by atoms with Crippen molar-refractivity contribution in [2.45, 2.75) is 64.2 Å². The van der Waals surface area contributed by atoms with Crippen LogP contribution in [0.2, 0.25) is 5.02 Å². The third-order valence-electron chi connectivity index (χ3n) is 6.67. The predicted octanol–water partition coefficient (Wildman–Crippen LogP) is 9.15. The van der Waals surface area contributed by atoms with Crippen molar-refractivity contribution in [3.63, 3.8) is 0 Å². The minimum absolute atomic E-state index is 0.143. The summed E-state index contributed by atoms with van der Waals surface area (Å²) in [5.41, 5.74) is 2.87. The highest BCUT2D eigenvalue weighted by Crippen LogP contribution is 2.39. The lowest BCUT2D eigenvalue weighted by molar-refractivity contribution is 0.303. The van der Waals surface area contributed by atoms with E-state index in [0.29, 0.717) is 21.9 Å². The number of hydrogen-bond donors (Lipinski definition) is 0. The van der Waals surface area contributed by atoms with Gasteiger partial charge >= 0.3 is 0 Å². The van der Waals surface area contributed by atoms with Crippen molar-refractivity contribution in [2.75, 3.05) is 0 Å². The van der Waals surface area contributed by atoms with Gasteiger partial charge in [-0.1, -0.05) is 86.7 Å². The zero-order valence-electron chi connectivity index (χ0n) is 17.3. The molecule has 0 unspecified atom stereocenters. The maximum atomic E-state index is 15.2. The normalized spacial score (nSPS) is 19.6. The molecule has 3 aromatic carbocycles. The first-order valence-electron chi connectivity index (χ1n) is 11.1. The molecule has 0 nitrogen and oxygen atoms in total. The zero-order chi connectivity index (χ0) is 20.2. The van der Waals surface area contributed by atoms with Crippen LogP contribution in [0.1, 0.15) is 69.8 Å². The van der Waals surface area contributed by atoms with E-state index in [9.17, 15) is 0 Å². The van der Waals surface area contributed by atoms with E-state index in [1.165, 1.54) is 56.9 Å². The Bertz CT molecular complexity index is 952. The van der Waals surface area contributed by atoms with Gasteiger partial charge in [0.25, 0.3) is 0 Å². The number of unbranched alkanes of at least 4 members (excludes halogenated alkanes) is 2. The lowest BCUT2D eigenvalue weighted by Gasteiger charge is -2.29. The summed E-state index contributed by atoms with van der Waals surface area (Å²) < 4.78 is 15.2. The molecule has 0 aromatic heterocycles. The Balaban J connectivity index is 1.50. The van der Waals surface area contributed by atoms with Crippen LogP contribution in [-0.4, -0.2) is 0 Å². The fraction of sp³-hybridized carbons (Fsp3) is 0.407. The number of benzene rings is 3. The fourth-order valence-corrected chi connectivity index (χ4v) is 5.01. The molecule has 0 saturated heterocycles. The van der Waals surface area contributed by atoms with E-state index in [4.69, 9.17) is 11.6 Å². The Morgan fingerprint density at radius 3 is 2.38 bits per heavy atom. The fourth-order valence-electron chi connectivity index (χ4n) is 4.88. The summed E-state index contributed by atoms with van der Waals surface area (Å²) in [6.07, 6.45) is 10.7. The molecule has 3 aromatic rings. The summed E-state index contributed by atoms with van der Waals surface area (Å²) in [6.45, 7) is 2.28. The van der Waals surface area contributed by atoms with E-state index in [-0.39, 0.29) is 5.82 Å². The highest BCUT2D eigenvalue weighted by molar-refractivity contribution is 6.30. The van der Waals surface area contributed by atoms with Gasteiger partial charge in [0.2, 0.25) is 0 Å². The molecular weight excluding hydrogens is 379 g/mol. The second-order valence-electron chi connectivity index (χ2n) is 8.63. The van der Waals surface area contributed by atoms with Crippen LogP contribution in [0.5, 0.6) is 0 Å². The van der Waals surface area contributed by atoms with Gasteiger partial charge in [-0.05, 0) is 66.2 Å². The Morgan fingerprint density at radius 1 is 0.897 bits per heavy atom. The molecule has 0 spiro atoms. The topological polar surface area (TPSA) is 0 Å². The molecule has 29 heavy (non-hydrogen) atoms. The van der Waals surface area contributed by atoms with Gasteiger partial charge in [0.1, 0.15) is 5.82 Å². The molecule has 0 amide bonds. The Morgan fingerprint density at radius 2 is 1.66 bits per heavy atom. The summed E-state index contributed by atoms with van der Waals surface area (Å²) in [7, 11) is 0. The maximum Gasteiger partial charge on any atom is 0.138 e. The second-order valence-corrected chi connectivity index (χ2v) is 9.06. The van der Waals surface area contributed by atoms with Crippen LogP contribution in [-0.2, 0) is 0 Å². The molecule has 4 rings (SSSR count). The van der Waals surface area contributed by atoms with Gasteiger partial charge in [-0.15, -0.1) is 0 Å². The molecule has 0 atom stereocenters. The maximum absolute atomic E-state index is 15.2. The summed E-state index contributed by atoms with van der Waals surface area (Å²) in [6, 6.07) is 17.7. The summed E-state index contributed by atoms with van der Waals surface area (Å²) >= 11 is 5.97. The molecule has 152 valence electrons. The second kappa shape index (κ2) is 9.30. The minimum Gasteiger partial charge on any atom is -0.206 e. The molecule has 0 aliphatic heterocycles. The first-order valence-corrected chi connectivity index (χ1v) is 11.5. The van der Waals surface area contributed by atoms with Gasteiger partial charge in [-0.25, -0.2) is 4.39 Å². The van der Waals surface area contributed by atoms with Crippen LogP contribution in [0.25, 0.3) is 21.9 Å². The molecule has 1 saturated carbocycles. The van der Waals surface area contributed by atoms with Crippen LogP contribution in [0.3, 0.4) is 0 Å². The van der Waals surface area contributed by atoms with Crippen LogP contribution in [0.15, 0.2) is 54.6 Å². The van der Waals surface area contributed by atoms with Gasteiger partial charge in [0.15, 0.2) is 0 Å². The summed E-state index contributed by atoms with van der Waals surface area (Å²) in [4.78, 5) is 0.